The fourth-order valence-corrected chi connectivity index (χ4v) is 1.30. The van der Waals surface area contributed by atoms with E-state index in [-0.39, 0.29) is 18.5 Å². The molecule has 1 rings (SSSR count). The quantitative estimate of drug-likeness (QED) is 0.650. The number of aliphatic carboxylic acids is 1. The van der Waals surface area contributed by atoms with Crippen LogP contribution in [0.5, 0.6) is 0 Å². The maximum absolute atomic E-state index is 10.5. The second kappa shape index (κ2) is 4.64. The zero-order valence-corrected chi connectivity index (χ0v) is 8.00. The largest absolute Gasteiger partial charge is 0.479 e. The molecule has 0 spiro atoms. The Balaban J connectivity index is 0.00000121. The average molecular weight is 196 g/mol. The standard InChI is InChI=1S/C7H13NO3.ClH/c1-5-3-8(2)4-6(11-5)7(9)10;/h5-6H,3-4H2,1-2H3,(H,9,10);1H. The molecular formula is C7H14ClNO3. The van der Waals surface area contributed by atoms with E-state index in [9.17, 15) is 4.79 Å². The first-order valence-electron chi connectivity index (χ1n) is 3.66. The number of rotatable bonds is 1. The molecular weight excluding hydrogens is 182 g/mol. The number of ether oxygens (including phenoxy) is 1. The summed E-state index contributed by atoms with van der Waals surface area (Å²) in [6, 6.07) is 0. The smallest absolute Gasteiger partial charge is 0.334 e. The molecule has 0 aromatic heterocycles. The van der Waals surface area contributed by atoms with Gasteiger partial charge in [0.25, 0.3) is 0 Å². The van der Waals surface area contributed by atoms with Gasteiger partial charge in [-0.05, 0) is 14.0 Å². The van der Waals surface area contributed by atoms with Crippen LogP contribution in [-0.4, -0.2) is 48.3 Å². The first kappa shape index (κ1) is 11.7. The highest BCUT2D eigenvalue weighted by Crippen LogP contribution is 2.08. The van der Waals surface area contributed by atoms with E-state index in [1.165, 1.54) is 0 Å². The lowest BCUT2D eigenvalue weighted by atomic mass is 10.2. The van der Waals surface area contributed by atoms with Crippen molar-refractivity contribution in [3.05, 3.63) is 0 Å². The van der Waals surface area contributed by atoms with E-state index < -0.39 is 12.1 Å². The van der Waals surface area contributed by atoms with Crippen LogP contribution in [0, 0.1) is 0 Å². The molecule has 0 amide bonds. The molecule has 4 nitrogen and oxygen atoms in total. The van der Waals surface area contributed by atoms with E-state index in [1.54, 1.807) is 0 Å². The molecule has 12 heavy (non-hydrogen) atoms. The van der Waals surface area contributed by atoms with Crippen molar-refractivity contribution in [3.8, 4) is 0 Å². The van der Waals surface area contributed by atoms with Gasteiger partial charge < -0.3 is 14.7 Å². The lowest BCUT2D eigenvalue weighted by Gasteiger charge is -2.32. The third-order valence-corrected chi connectivity index (χ3v) is 1.72. The van der Waals surface area contributed by atoms with Crippen LogP contribution in [0.25, 0.3) is 0 Å². The van der Waals surface area contributed by atoms with Gasteiger partial charge in [0, 0.05) is 13.1 Å². The van der Waals surface area contributed by atoms with Gasteiger partial charge in [-0.15, -0.1) is 12.4 Å². The van der Waals surface area contributed by atoms with Gasteiger partial charge in [0.1, 0.15) is 0 Å². The summed E-state index contributed by atoms with van der Waals surface area (Å²) in [5.41, 5.74) is 0. The number of halogens is 1. The SMILES string of the molecule is CC1CN(C)CC(C(=O)O)O1.Cl. The summed E-state index contributed by atoms with van der Waals surface area (Å²) in [6.45, 7) is 3.18. The predicted octanol–water partition coefficient (Wildman–Crippen LogP) is 0.212. The second-order valence-electron chi connectivity index (χ2n) is 2.99. The summed E-state index contributed by atoms with van der Waals surface area (Å²) >= 11 is 0. The van der Waals surface area contributed by atoms with Gasteiger partial charge in [-0.1, -0.05) is 0 Å². The number of hydrogen-bond acceptors (Lipinski definition) is 3. The van der Waals surface area contributed by atoms with Crippen LogP contribution in [0.2, 0.25) is 0 Å². The molecule has 2 atom stereocenters. The number of carboxylic acid groups (broad SMARTS) is 1. The third-order valence-electron chi connectivity index (χ3n) is 1.72. The summed E-state index contributed by atoms with van der Waals surface area (Å²) in [5.74, 6) is -0.872. The van der Waals surface area contributed by atoms with Crippen molar-refractivity contribution in [3.63, 3.8) is 0 Å². The molecule has 1 saturated heterocycles. The first-order valence-corrected chi connectivity index (χ1v) is 3.66. The fraction of sp³-hybridized carbons (Fsp3) is 0.857. The molecule has 0 radical (unpaired) electrons. The van der Waals surface area contributed by atoms with Crippen LogP contribution in [0.4, 0.5) is 0 Å². The maximum atomic E-state index is 10.5. The van der Waals surface area contributed by atoms with Crippen LogP contribution < -0.4 is 0 Å². The van der Waals surface area contributed by atoms with Gasteiger partial charge in [0.2, 0.25) is 0 Å². The summed E-state index contributed by atoms with van der Waals surface area (Å²) in [4.78, 5) is 12.5. The minimum atomic E-state index is -0.872. The number of nitrogens with zero attached hydrogens (tertiary/aromatic N) is 1. The van der Waals surface area contributed by atoms with Crippen molar-refractivity contribution >= 4 is 18.4 Å². The van der Waals surface area contributed by atoms with Crippen molar-refractivity contribution in [1.29, 1.82) is 0 Å². The Labute approximate surface area is 77.9 Å². The van der Waals surface area contributed by atoms with Gasteiger partial charge in [-0.2, -0.15) is 0 Å². The molecule has 1 aliphatic heterocycles. The van der Waals surface area contributed by atoms with Gasteiger partial charge in [-0.25, -0.2) is 4.79 Å². The van der Waals surface area contributed by atoms with E-state index >= 15 is 0 Å². The highest BCUT2D eigenvalue weighted by molar-refractivity contribution is 5.85. The lowest BCUT2D eigenvalue weighted by molar-refractivity contribution is -0.161. The molecule has 5 heteroatoms. The van der Waals surface area contributed by atoms with E-state index in [0.717, 1.165) is 6.54 Å². The van der Waals surface area contributed by atoms with Crippen molar-refractivity contribution in [2.45, 2.75) is 19.1 Å². The normalized spacial score (nSPS) is 30.8. The molecule has 1 fully saturated rings. The van der Waals surface area contributed by atoms with Gasteiger partial charge >= 0.3 is 5.97 Å². The van der Waals surface area contributed by atoms with Crippen molar-refractivity contribution in [1.82, 2.24) is 4.90 Å². The molecule has 0 aliphatic carbocycles. The Bertz CT molecular complexity index is 155. The molecule has 1 aliphatic rings. The van der Waals surface area contributed by atoms with Crippen LogP contribution in [0.3, 0.4) is 0 Å². The highest BCUT2D eigenvalue weighted by Gasteiger charge is 2.27. The van der Waals surface area contributed by atoms with E-state index in [1.807, 2.05) is 18.9 Å². The maximum Gasteiger partial charge on any atom is 0.334 e. The topological polar surface area (TPSA) is 49.8 Å². The van der Waals surface area contributed by atoms with Crippen LogP contribution in [-0.2, 0) is 9.53 Å². The Hall–Kier alpha value is -0.320. The zero-order valence-electron chi connectivity index (χ0n) is 7.19. The van der Waals surface area contributed by atoms with Crippen LogP contribution in [0.1, 0.15) is 6.92 Å². The molecule has 0 saturated carbocycles. The first-order chi connectivity index (χ1) is 5.09. The average Bonchev–Trinajstić information content (AvgIpc) is 1.85. The Kier molecular flexibility index (Phi) is 4.52. The van der Waals surface area contributed by atoms with E-state index in [2.05, 4.69) is 0 Å². The highest BCUT2D eigenvalue weighted by atomic mass is 35.5. The van der Waals surface area contributed by atoms with E-state index in [0.29, 0.717) is 6.54 Å². The van der Waals surface area contributed by atoms with Crippen LogP contribution >= 0.6 is 12.4 Å². The van der Waals surface area contributed by atoms with Gasteiger partial charge in [0.05, 0.1) is 6.10 Å². The fourth-order valence-electron chi connectivity index (χ4n) is 1.30. The van der Waals surface area contributed by atoms with Gasteiger partial charge in [-0.3, -0.25) is 0 Å². The Morgan fingerprint density at radius 2 is 2.17 bits per heavy atom. The molecule has 1 heterocycles. The molecule has 0 aromatic rings. The molecule has 0 bridgehead atoms. The molecule has 72 valence electrons. The van der Waals surface area contributed by atoms with Gasteiger partial charge in [0.15, 0.2) is 6.10 Å². The number of hydrogen-bond donors (Lipinski definition) is 1. The number of morpholine rings is 1. The molecule has 0 aromatic carbocycles. The summed E-state index contributed by atoms with van der Waals surface area (Å²) in [6.07, 6.45) is -0.626. The predicted molar refractivity (Wildman–Crippen MR) is 46.7 cm³/mol. The molecule has 1 N–H and O–H groups in total. The molecule has 2 unspecified atom stereocenters. The minimum absolute atomic E-state index is 0. The van der Waals surface area contributed by atoms with E-state index in [4.69, 9.17) is 9.84 Å². The summed E-state index contributed by atoms with van der Waals surface area (Å²) in [5, 5.41) is 8.62. The Morgan fingerprint density at radius 1 is 1.58 bits per heavy atom. The minimum Gasteiger partial charge on any atom is -0.479 e. The number of carbonyl (C=O) groups is 1. The van der Waals surface area contributed by atoms with Crippen molar-refractivity contribution in [2.75, 3.05) is 20.1 Å². The second-order valence-corrected chi connectivity index (χ2v) is 2.99. The summed E-state index contributed by atoms with van der Waals surface area (Å²) in [7, 11) is 1.90. The lowest BCUT2D eigenvalue weighted by Crippen LogP contribution is -2.47. The van der Waals surface area contributed by atoms with Crippen LogP contribution in [0.15, 0.2) is 0 Å². The van der Waals surface area contributed by atoms with Crippen molar-refractivity contribution in [2.24, 2.45) is 0 Å². The van der Waals surface area contributed by atoms with Crippen molar-refractivity contribution < 1.29 is 14.6 Å². The number of likely N-dealkylation sites (N-methyl/N-ethyl adjacent to an activating group) is 1. The Morgan fingerprint density at radius 3 is 2.58 bits per heavy atom. The zero-order chi connectivity index (χ0) is 8.43. The summed E-state index contributed by atoms with van der Waals surface area (Å²) < 4.78 is 5.18. The third kappa shape index (κ3) is 2.97. The monoisotopic (exact) mass is 195 g/mol. The number of carboxylic acids is 1.